The van der Waals surface area contributed by atoms with Crippen molar-refractivity contribution >= 4 is 5.97 Å². The fourth-order valence-corrected chi connectivity index (χ4v) is 1.85. The molecule has 106 valence electrons. The maximum atomic E-state index is 10.8. The molecule has 0 aliphatic heterocycles. The lowest BCUT2D eigenvalue weighted by molar-refractivity contribution is 0.0696. The first-order valence-electron chi connectivity index (χ1n) is 6.51. The minimum absolute atomic E-state index is 0.135. The van der Waals surface area contributed by atoms with Crippen molar-refractivity contribution in [1.82, 2.24) is 0 Å². The molecule has 0 fully saturated rings. The SMILES string of the molecule is Cc1ccc(C(C)C)cc1OCc1cc(C(=O)O)co1. The monoisotopic (exact) mass is 274 g/mol. The molecule has 0 aliphatic rings. The van der Waals surface area contributed by atoms with Crippen LogP contribution in [0, 0.1) is 6.92 Å². The molecule has 4 nitrogen and oxygen atoms in total. The Bertz CT molecular complexity index is 611. The average Bonchev–Trinajstić information content (AvgIpc) is 2.86. The van der Waals surface area contributed by atoms with Crippen LogP contribution in [0.25, 0.3) is 0 Å². The van der Waals surface area contributed by atoms with Gasteiger partial charge in [0.25, 0.3) is 0 Å². The molecule has 0 aliphatic carbocycles. The highest BCUT2D eigenvalue weighted by Crippen LogP contribution is 2.25. The van der Waals surface area contributed by atoms with Crippen molar-refractivity contribution in [2.24, 2.45) is 0 Å². The van der Waals surface area contributed by atoms with Crippen molar-refractivity contribution in [2.75, 3.05) is 0 Å². The van der Waals surface area contributed by atoms with Crippen LogP contribution in [-0.4, -0.2) is 11.1 Å². The molecule has 20 heavy (non-hydrogen) atoms. The Morgan fingerprint density at radius 2 is 2.10 bits per heavy atom. The molecule has 0 saturated heterocycles. The van der Waals surface area contributed by atoms with Gasteiger partial charge in [0.1, 0.15) is 24.4 Å². The van der Waals surface area contributed by atoms with Gasteiger partial charge in [-0.1, -0.05) is 26.0 Å². The molecule has 0 spiro atoms. The molecule has 0 bridgehead atoms. The third kappa shape index (κ3) is 3.20. The van der Waals surface area contributed by atoms with Gasteiger partial charge in [-0.15, -0.1) is 0 Å². The highest BCUT2D eigenvalue weighted by molar-refractivity contribution is 5.87. The molecule has 1 aromatic carbocycles. The van der Waals surface area contributed by atoms with Crippen molar-refractivity contribution in [3.8, 4) is 5.75 Å². The van der Waals surface area contributed by atoms with Crippen LogP contribution in [0.3, 0.4) is 0 Å². The Labute approximate surface area is 118 Å². The van der Waals surface area contributed by atoms with Gasteiger partial charge in [-0.3, -0.25) is 0 Å². The number of aromatic carboxylic acids is 1. The number of carboxylic acids is 1. The summed E-state index contributed by atoms with van der Waals surface area (Å²) in [6, 6.07) is 7.60. The lowest BCUT2D eigenvalue weighted by atomic mass is 10.0. The number of furan rings is 1. The van der Waals surface area contributed by atoms with E-state index in [1.807, 2.05) is 19.1 Å². The van der Waals surface area contributed by atoms with Gasteiger partial charge >= 0.3 is 5.97 Å². The number of benzene rings is 1. The van der Waals surface area contributed by atoms with E-state index in [9.17, 15) is 4.79 Å². The van der Waals surface area contributed by atoms with Crippen LogP contribution < -0.4 is 4.74 Å². The Morgan fingerprint density at radius 3 is 2.70 bits per heavy atom. The van der Waals surface area contributed by atoms with E-state index < -0.39 is 5.97 Å². The number of ether oxygens (including phenoxy) is 1. The zero-order valence-electron chi connectivity index (χ0n) is 11.8. The van der Waals surface area contributed by atoms with E-state index in [1.165, 1.54) is 17.9 Å². The third-order valence-electron chi connectivity index (χ3n) is 3.15. The van der Waals surface area contributed by atoms with Crippen LogP contribution in [0.5, 0.6) is 5.75 Å². The molecule has 1 N–H and O–H groups in total. The summed E-state index contributed by atoms with van der Waals surface area (Å²) in [5.41, 5.74) is 2.38. The molecule has 2 rings (SSSR count). The number of aryl methyl sites for hydroxylation is 1. The van der Waals surface area contributed by atoms with Crippen molar-refractivity contribution in [2.45, 2.75) is 33.3 Å². The first kappa shape index (κ1) is 14.2. The molecule has 0 radical (unpaired) electrons. The van der Waals surface area contributed by atoms with E-state index in [2.05, 4.69) is 19.9 Å². The van der Waals surface area contributed by atoms with Gasteiger partial charge in [-0.25, -0.2) is 4.79 Å². The number of hydrogen-bond donors (Lipinski definition) is 1. The largest absolute Gasteiger partial charge is 0.485 e. The summed E-state index contributed by atoms with van der Waals surface area (Å²) in [5, 5.41) is 8.82. The molecule has 0 amide bonds. The molecule has 4 heteroatoms. The Hall–Kier alpha value is -2.23. The predicted octanol–water partition coefficient (Wildman–Crippen LogP) is 3.99. The second-order valence-electron chi connectivity index (χ2n) is 5.08. The number of rotatable bonds is 5. The van der Waals surface area contributed by atoms with Crippen LogP contribution in [0.4, 0.5) is 0 Å². The summed E-state index contributed by atoms with van der Waals surface area (Å²) >= 11 is 0. The van der Waals surface area contributed by atoms with Gasteiger partial charge in [-0.2, -0.15) is 0 Å². The van der Waals surface area contributed by atoms with E-state index in [0.717, 1.165) is 11.3 Å². The van der Waals surface area contributed by atoms with Gasteiger partial charge < -0.3 is 14.3 Å². The second kappa shape index (κ2) is 5.82. The van der Waals surface area contributed by atoms with Crippen LogP contribution in [0.1, 0.15) is 47.0 Å². The standard InChI is InChI=1S/C16H18O4/c1-10(2)12-5-4-11(3)15(7-12)20-9-14-6-13(8-19-14)16(17)18/h4-8,10H,9H2,1-3H3,(H,17,18). The molecule has 1 aromatic heterocycles. The van der Waals surface area contributed by atoms with Gasteiger partial charge in [0, 0.05) is 0 Å². The Balaban J connectivity index is 2.09. The Morgan fingerprint density at radius 1 is 1.35 bits per heavy atom. The summed E-state index contributed by atoms with van der Waals surface area (Å²) in [7, 11) is 0. The van der Waals surface area contributed by atoms with E-state index in [4.69, 9.17) is 14.3 Å². The fourth-order valence-electron chi connectivity index (χ4n) is 1.85. The van der Waals surface area contributed by atoms with Gasteiger partial charge in [0.2, 0.25) is 0 Å². The number of carboxylic acid groups (broad SMARTS) is 1. The van der Waals surface area contributed by atoms with E-state index >= 15 is 0 Å². The summed E-state index contributed by atoms with van der Waals surface area (Å²) in [4.78, 5) is 10.8. The number of hydrogen-bond acceptors (Lipinski definition) is 3. The van der Waals surface area contributed by atoms with Gasteiger partial charge in [-0.05, 0) is 36.1 Å². The van der Waals surface area contributed by atoms with Gasteiger partial charge in [0.15, 0.2) is 0 Å². The molecule has 1 heterocycles. The normalized spacial score (nSPS) is 10.8. The number of carbonyl (C=O) groups is 1. The molecule has 0 saturated carbocycles. The zero-order chi connectivity index (χ0) is 14.7. The summed E-state index contributed by atoms with van der Waals surface area (Å²) in [5.74, 6) is 0.722. The topological polar surface area (TPSA) is 59.7 Å². The molecular formula is C16H18O4. The Kier molecular flexibility index (Phi) is 4.13. The first-order valence-corrected chi connectivity index (χ1v) is 6.51. The van der Waals surface area contributed by atoms with E-state index in [0.29, 0.717) is 11.7 Å². The summed E-state index contributed by atoms with van der Waals surface area (Å²) < 4.78 is 10.9. The maximum Gasteiger partial charge on any atom is 0.338 e. The van der Waals surface area contributed by atoms with Crippen LogP contribution >= 0.6 is 0 Å². The summed E-state index contributed by atoms with van der Waals surface area (Å²) in [6.07, 6.45) is 1.22. The molecule has 0 atom stereocenters. The third-order valence-corrected chi connectivity index (χ3v) is 3.15. The highest BCUT2D eigenvalue weighted by Gasteiger charge is 2.10. The molecular weight excluding hydrogens is 256 g/mol. The van der Waals surface area contributed by atoms with Crippen molar-refractivity contribution in [3.63, 3.8) is 0 Å². The average molecular weight is 274 g/mol. The van der Waals surface area contributed by atoms with E-state index in [-0.39, 0.29) is 12.2 Å². The summed E-state index contributed by atoms with van der Waals surface area (Å²) in [6.45, 7) is 6.44. The minimum atomic E-state index is -1.00. The lowest BCUT2D eigenvalue weighted by Gasteiger charge is -2.12. The quantitative estimate of drug-likeness (QED) is 0.895. The van der Waals surface area contributed by atoms with Crippen LogP contribution in [0.15, 0.2) is 34.9 Å². The smallest absolute Gasteiger partial charge is 0.338 e. The molecule has 0 unspecified atom stereocenters. The predicted molar refractivity (Wildman–Crippen MR) is 75.3 cm³/mol. The first-order chi connectivity index (χ1) is 9.47. The fraction of sp³-hybridized carbons (Fsp3) is 0.312. The van der Waals surface area contributed by atoms with Crippen molar-refractivity contribution in [1.29, 1.82) is 0 Å². The molecule has 2 aromatic rings. The second-order valence-corrected chi connectivity index (χ2v) is 5.08. The van der Waals surface area contributed by atoms with E-state index in [1.54, 1.807) is 0 Å². The van der Waals surface area contributed by atoms with Crippen molar-refractivity contribution in [3.05, 3.63) is 53.0 Å². The van der Waals surface area contributed by atoms with Crippen LogP contribution in [0.2, 0.25) is 0 Å². The minimum Gasteiger partial charge on any atom is -0.485 e. The zero-order valence-corrected chi connectivity index (χ0v) is 11.8. The van der Waals surface area contributed by atoms with Crippen molar-refractivity contribution < 1.29 is 19.1 Å². The maximum absolute atomic E-state index is 10.8. The van der Waals surface area contributed by atoms with Gasteiger partial charge in [0.05, 0.1) is 5.56 Å². The lowest BCUT2D eigenvalue weighted by Crippen LogP contribution is -1.98. The van der Waals surface area contributed by atoms with Crippen LogP contribution in [-0.2, 0) is 6.61 Å². The highest BCUT2D eigenvalue weighted by atomic mass is 16.5.